The molecule has 0 aliphatic rings. The third-order valence-electron chi connectivity index (χ3n) is 2.64. The monoisotopic (exact) mass is 335 g/mol. The Bertz CT molecular complexity index is 707. The fourth-order valence-electron chi connectivity index (χ4n) is 1.76. The molecule has 0 aliphatic heterocycles. The fraction of sp³-hybridized carbons (Fsp3) is 0.0769. The van der Waals surface area contributed by atoms with Crippen LogP contribution in [0.25, 0.3) is 11.5 Å². The molecule has 0 saturated carbocycles. The Labute approximate surface area is 122 Å². The first kappa shape index (κ1) is 12.4. The van der Waals surface area contributed by atoms with Gasteiger partial charge in [0, 0.05) is 10.9 Å². The summed E-state index contributed by atoms with van der Waals surface area (Å²) in [6, 6.07) is 9.92. The predicted octanol–water partition coefficient (Wildman–Crippen LogP) is 3.73. The van der Waals surface area contributed by atoms with E-state index in [4.69, 9.17) is 10.3 Å². The lowest BCUT2D eigenvalue weighted by Crippen LogP contribution is -1.91. The van der Waals surface area contributed by atoms with Crippen molar-refractivity contribution in [2.24, 2.45) is 0 Å². The second kappa shape index (κ2) is 5.14. The molecule has 6 heteroatoms. The molecule has 0 bridgehead atoms. The average molecular weight is 336 g/mol. The number of nitrogens with two attached hydrogens (primary N) is 1. The summed E-state index contributed by atoms with van der Waals surface area (Å²) in [6.45, 7) is 0. The highest BCUT2D eigenvalue weighted by atomic mass is 79.9. The van der Waals surface area contributed by atoms with Gasteiger partial charge in [0.25, 0.3) is 5.89 Å². The van der Waals surface area contributed by atoms with Crippen molar-refractivity contribution in [1.29, 1.82) is 0 Å². The van der Waals surface area contributed by atoms with Crippen LogP contribution < -0.4 is 5.73 Å². The lowest BCUT2D eigenvalue weighted by Gasteiger charge is -1.96. The van der Waals surface area contributed by atoms with Gasteiger partial charge in [-0.1, -0.05) is 33.2 Å². The van der Waals surface area contributed by atoms with Crippen molar-refractivity contribution < 1.29 is 4.52 Å². The highest BCUT2D eigenvalue weighted by Crippen LogP contribution is 2.29. The maximum Gasteiger partial charge on any atom is 0.260 e. The summed E-state index contributed by atoms with van der Waals surface area (Å²) >= 11 is 4.90. The van der Waals surface area contributed by atoms with E-state index in [9.17, 15) is 0 Å². The maximum atomic E-state index is 5.84. The van der Waals surface area contributed by atoms with Crippen LogP contribution in [0.3, 0.4) is 0 Å². The van der Waals surface area contributed by atoms with Gasteiger partial charge in [-0.15, -0.1) is 11.3 Å². The van der Waals surface area contributed by atoms with Gasteiger partial charge < -0.3 is 10.3 Å². The fourth-order valence-corrected chi connectivity index (χ4v) is 2.84. The minimum atomic E-state index is 0.476. The van der Waals surface area contributed by atoms with Crippen LogP contribution in [0, 0.1) is 0 Å². The molecule has 2 heterocycles. The van der Waals surface area contributed by atoms with Gasteiger partial charge in [0.2, 0.25) is 0 Å². The van der Waals surface area contributed by atoms with Crippen molar-refractivity contribution in [2.75, 3.05) is 5.73 Å². The van der Waals surface area contributed by atoms with Gasteiger partial charge in [0.15, 0.2) is 5.82 Å². The Morgan fingerprint density at radius 3 is 2.95 bits per heavy atom. The SMILES string of the molecule is Nc1sccc1-c1nc(Cc2cccc(Br)c2)no1. The zero-order chi connectivity index (χ0) is 13.2. The molecule has 0 amide bonds. The summed E-state index contributed by atoms with van der Waals surface area (Å²) in [4.78, 5) is 4.37. The van der Waals surface area contributed by atoms with E-state index >= 15 is 0 Å². The van der Waals surface area contributed by atoms with Crippen LogP contribution in [0.4, 0.5) is 5.00 Å². The molecule has 0 atom stereocenters. The molecule has 0 aliphatic carbocycles. The van der Waals surface area contributed by atoms with E-state index in [-0.39, 0.29) is 0 Å². The van der Waals surface area contributed by atoms with Crippen LogP contribution >= 0.6 is 27.3 Å². The second-order valence-electron chi connectivity index (χ2n) is 4.02. The predicted molar refractivity (Wildman–Crippen MR) is 79.0 cm³/mol. The Kier molecular flexibility index (Phi) is 3.35. The maximum absolute atomic E-state index is 5.84. The average Bonchev–Trinajstić information content (AvgIpc) is 2.98. The van der Waals surface area contributed by atoms with E-state index in [0.29, 0.717) is 23.1 Å². The molecule has 3 rings (SSSR count). The molecule has 96 valence electrons. The number of thiophene rings is 1. The molecule has 0 radical (unpaired) electrons. The molecule has 2 N–H and O–H groups in total. The molecule has 1 aromatic carbocycles. The van der Waals surface area contributed by atoms with Crippen molar-refractivity contribution in [3.63, 3.8) is 0 Å². The van der Waals surface area contributed by atoms with E-state index in [1.165, 1.54) is 11.3 Å². The molecule has 0 spiro atoms. The molecule has 0 unspecified atom stereocenters. The van der Waals surface area contributed by atoms with Crippen LogP contribution in [0.15, 0.2) is 44.7 Å². The molecule has 0 saturated heterocycles. The van der Waals surface area contributed by atoms with Crippen LogP contribution in [0.5, 0.6) is 0 Å². The molecule has 19 heavy (non-hydrogen) atoms. The molecule has 0 fully saturated rings. The summed E-state index contributed by atoms with van der Waals surface area (Å²) < 4.78 is 6.28. The van der Waals surface area contributed by atoms with Crippen LogP contribution in [-0.4, -0.2) is 10.1 Å². The summed E-state index contributed by atoms with van der Waals surface area (Å²) in [5, 5.41) is 6.58. The van der Waals surface area contributed by atoms with Crippen LogP contribution in [0.2, 0.25) is 0 Å². The summed E-state index contributed by atoms with van der Waals surface area (Å²) in [6.07, 6.45) is 0.632. The standard InChI is InChI=1S/C13H10BrN3OS/c14-9-3-1-2-8(6-9)7-11-16-13(18-17-11)10-4-5-19-12(10)15/h1-6H,7,15H2. The first-order valence-electron chi connectivity index (χ1n) is 5.63. The third-order valence-corrected chi connectivity index (χ3v) is 3.88. The van der Waals surface area contributed by atoms with E-state index in [1.807, 2.05) is 35.7 Å². The number of hydrogen-bond acceptors (Lipinski definition) is 5. The normalized spacial score (nSPS) is 10.8. The number of benzene rings is 1. The summed E-state index contributed by atoms with van der Waals surface area (Å²) in [7, 11) is 0. The Morgan fingerprint density at radius 2 is 2.21 bits per heavy atom. The van der Waals surface area contributed by atoms with Crippen molar-refractivity contribution in [1.82, 2.24) is 10.1 Å². The van der Waals surface area contributed by atoms with E-state index < -0.39 is 0 Å². The number of nitrogens with zero attached hydrogens (tertiary/aromatic N) is 2. The molecule has 2 aromatic heterocycles. The minimum Gasteiger partial charge on any atom is -0.390 e. The van der Waals surface area contributed by atoms with Gasteiger partial charge in [-0.05, 0) is 29.1 Å². The Balaban J connectivity index is 1.84. The zero-order valence-electron chi connectivity index (χ0n) is 9.84. The topological polar surface area (TPSA) is 64.9 Å². The summed E-state index contributed by atoms with van der Waals surface area (Å²) in [5.74, 6) is 1.13. The van der Waals surface area contributed by atoms with Gasteiger partial charge in [0.1, 0.15) is 0 Å². The van der Waals surface area contributed by atoms with Crippen LogP contribution in [0.1, 0.15) is 11.4 Å². The van der Waals surface area contributed by atoms with Crippen molar-refractivity contribution >= 4 is 32.3 Å². The number of halogens is 1. The lowest BCUT2D eigenvalue weighted by molar-refractivity contribution is 0.424. The minimum absolute atomic E-state index is 0.476. The van der Waals surface area contributed by atoms with E-state index in [1.54, 1.807) is 0 Å². The van der Waals surface area contributed by atoms with E-state index in [2.05, 4.69) is 26.1 Å². The van der Waals surface area contributed by atoms with Gasteiger partial charge in [-0.2, -0.15) is 4.98 Å². The molecular formula is C13H10BrN3OS. The first-order chi connectivity index (χ1) is 9.22. The Morgan fingerprint density at radius 1 is 1.32 bits per heavy atom. The van der Waals surface area contributed by atoms with Crippen molar-refractivity contribution in [2.45, 2.75) is 6.42 Å². The lowest BCUT2D eigenvalue weighted by atomic mass is 10.1. The third kappa shape index (κ3) is 2.69. The number of anilines is 1. The largest absolute Gasteiger partial charge is 0.390 e. The smallest absolute Gasteiger partial charge is 0.260 e. The highest BCUT2D eigenvalue weighted by Gasteiger charge is 2.12. The van der Waals surface area contributed by atoms with Gasteiger partial charge in [0.05, 0.1) is 10.6 Å². The highest BCUT2D eigenvalue weighted by molar-refractivity contribution is 9.10. The van der Waals surface area contributed by atoms with Gasteiger partial charge >= 0.3 is 0 Å². The van der Waals surface area contributed by atoms with Gasteiger partial charge in [-0.25, -0.2) is 0 Å². The molecule has 4 nitrogen and oxygen atoms in total. The van der Waals surface area contributed by atoms with Crippen molar-refractivity contribution in [3.8, 4) is 11.5 Å². The quantitative estimate of drug-likeness (QED) is 0.791. The van der Waals surface area contributed by atoms with Gasteiger partial charge in [-0.3, -0.25) is 0 Å². The van der Waals surface area contributed by atoms with E-state index in [0.717, 1.165) is 15.6 Å². The number of aromatic nitrogens is 2. The summed E-state index contributed by atoms with van der Waals surface area (Å²) in [5.41, 5.74) is 7.77. The number of hydrogen-bond donors (Lipinski definition) is 1. The molecule has 3 aromatic rings. The number of nitrogen functional groups attached to an aromatic ring is 1. The first-order valence-corrected chi connectivity index (χ1v) is 7.30. The second-order valence-corrected chi connectivity index (χ2v) is 5.88. The zero-order valence-corrected chi connectivity index (χ0v) is 12.2. The Hall–Kier alpha value is -1.66. The van der Waals surface area contributed by atoms with Crippen LogP contribution in [-0.2, 0) is 6.42 Å². The molecular weight excluding hydrogens is 326 g/mol. The van der Waals surface area contributed by atoms with Crippen molar-refractivity contribution in [3.05, 3.63) is 51.6 Å². The number of rotatable bonds is 3.